The SMILES string of the molecule is COc1ccc(N(CC(=O)N[C@H](CC(C)C)c2ccccc2)S(C)(=O)=O)cc1Cl. The van der Waals surface area contributed by atoms with E-state index in [0.29, 0.717) is 17.4 Å². The van der Waals surface area contributed by atoms with E-state index in [0.717, 1.165) is 22.5 Å². The third-order valence-corrected chi connectivity index (χ3v) is 5.79. The summed E-state index contributed by atoms with van der Waals surface area (Å²) in [6, 6.07) is 14.0. The number of nitrogens with one attached hydrogen (secondary N) is 1. The lowest BCUT2D eigenvalue weighted by Gasteiger charge is -2.25. The summed E-state index contributed by atoms with van der Waals surface area (Å²) in [4.78, 5) is 12.8. The molecule has 2 rings (SSSR count). The molecule has 0 aliphatic heterocycles. The van der Waals surface area contributed by atoms with Crippen LogP contribution in [0.15, 0.2) is 48.5 Å². The summed E-state index contributed by atoms with van der Waals surface area (Å²) in [5.41, 5.74) is 1.28. The summed E-state index contributed by atoms with van der Waals surface area (Å²) < 4.78 is 30.8. The number of anilines is 1. The number of hydrogen-bond acceptors (Lipinski definition) is 4. The zero-order chi connectivity index (χ0) is 21.6. The van der Waals surface area contributed by atoms with Crippen LogP contribution in [0.2, 0.25) is 5.02 Å². The van der Waals surface area contributed by atoms with Crippen LogP contribution in [0.25, 0.3) is 0 Å². The van der Waals surface area contributed by atoms with Crippen molar-refractivity contribution in [2.24, 2.45) is 5.92 Å². The molecule has 1 amide bonds. The molecular formula is C21H27ClN2O4S. The fourth-order valence-electron chi connectivity index (χ4n) is 3.02. The number of sulfonamides is 1. The number of ether oxygens (including phenoxy) is 1. The summed E-state index contributed by atoms with van der Waals surface area (Å²) in [5.74, 6) is 0.387. The van der Waals surface area contributed by atoms with E-state index >= 15 is 0 Å². The van der Waals surface area contributed by atoms with E-state index in [-0.39, 0.29) is 17.6 Å². The standard InChI is InChI=1S/C21H27ClN2O4S/c1-15(2)12-19(16-8-6-5-7-9-16)23-21(25)14-24(29(4,26)27)17-10-11-20(28-3)18(22)13-17/h5-11,13,15,19H,12,14H2,1-4H3,(H,23,25)/t19-/m1/s1. The van der Waals surface area contributed by atoms with Gasteiger partial charge in [-0.3, -0.25) is 9.10 Å². The van der Waals surface area contributed by atoms with Gasteiger partial charge in [-0.05, 0) is 36.1 Å². The van der Waals surface area contributed by atoms with Crippen LogP contribution < -0.4 is 14.4 Å². The second-order valence-electron chi connectivity index (χ2n) is 7.25. The van der Waals surface area contributed by atoms with E-state index in [2.05, 4.69) is 19.2 Å². The van der Waals surface area contributed by atoms with Crippen molar-refractivity contribution < 1.29 is 17.9 Å². The van der Waals surface area contributed by atoms with Crippen molar-refractivity contribution >= 4 is 33.2 Å². The van der Waals surface area contributed by atoms with Crippen LogP contribution in [0.1, 0.15) is 31.9 Å². The molecule has 0 saturated carbocycles. The van der Waals surface area contributed by atoms with Crippen LogP contribution in [0.5, 0.6) is 5.75 Å². The quantitative estimate of drug-likeness (QED) is 0.641. The number of carbonyl (C=O) groups is 1. The maximum absolute atomic E-state index is 12.8. The van der Waals surface area contributed by atoms with Gasteiger partial charge in [-0.25, -0.2) is 8.42 Å². The molecule has 0 fully saturated rings. The molecule has 0 saturated heterocycles. The Morgan fingerprint density at radius 2 is 1.83 bits per heavy atom. The molecule has 1 N–H and O–H groups in total. The third kappa shape index (κ3) is 6.65. The summed E-state index contributed by atoms with van der Waals surface area (Å²) in [6.07, 6.45) is 1.80. The molecule has 29 heavy (non-hydrogen) atoms. The zero-order valence-electron chi connectivity index (χ0n) is 17.1. The normalized spacial score (nSPS) is 12.5. The van der Waals surface area contributed by atoms with Gasteiger partial charge in [0.05, 0.1) is 30.1 Å². The van der Waals surface area contributed by atoms with Crippen LogP contribution in [-0.4, -0.2) is 34.2 Å². The van der Waals surface area contributed by atoms with Crippen LogP contribution >= 0.6 is 11.6 Å². The second kappa shape index (κ2) is 9.98. The lowest BCUT2D eigenvalue weighted by molar-refractivity contribution is -0.120. The molecule has 8 heteroatoms. The summed E-state index contributed by atoms with van der Waals surface area (Å²) >= 11 is 6.13. The molecule has 2 aromatic rings. The van der Waals surface area contributed by atoms with Gasteiger partial charge in [-0.1, -0.05) is 55.8 Å². The highest BCUT2D eigenvalue weighted by Crippen LogP contribution is 2.30. The van der Waals surface area contributed by atoms with Gasteiger partial charge in [0, 0.05) is 0 Å². The first kappa shape index (κ1) is 23.0. The highest BCUT2D eigenvalue weighted by atomic mass is 35.5. The topological polar surface area (TPSA) is 75.7 Å². The maximum atomic E-state index is 12.8. The first-order valence-corrected chi connectivity index (χ1v) is 11.5. The van der Waals surface area contributed by atoms with Gasteiger partial charge in [0.2, 0.25) is 15.9 Å². The Bertz CT molecular complexity index is 933. The minimum absolute atomic E-state index is 0.204. The predicted molar refractivity (Wildman–Crippen MR) is 117 cm³/mol. The van der Waals surface area contributed by atoms with Gasteiger partial charge in [-0.2, -0.15) is 0 Å². The average molecular weight is 439 g/mol. The lowest BCUT2D eigenvalue weighted by Crippen LogP contribution is -2.41. The molecule has 158 valence electrons. The van der Waals surface area contributed by atoms with Gasteiger partial charge in [0.25, 0.3) is 0 Å². The Kier molecular flexibility index (Phi) is 7.93. The van der Waals surface area contributed by atoms with Crippen molar-refractivity contribution in [1.29, 1.82) is 0 Å². The molecule has 0 aliphatic rings. The predicted octanol–water partition coefficient (Wildman–Crippen LogP) is 4.02. The molecule has 0 heterocycles. The van der Waals surface area contributed by atoms with E-state index in [1.54, 1.807) is 12.1 Å². The van der Waals surface area contributed by atoms with Crippen molar-refractivity contribution in [2.45, 2.75) is 26.3 Å². The average Bonchev–Trinajstić information content (AvgIpc) is 2.65. The smallest absolute Gasteiger partial charge is 0.241 e. The Morgan fingerprint density at radius 1 is 1.17 bits per heavy atom. The van der Waals surface area contributed by atoms with E-state index in [1.807, 2.05) is 30.3 Å². The van der Waals surface area contributed by atoms with Crippen LogP contribution in [-0.2, 0) is 14.8 Å². The van der Waals surface area contributed by atoms with Crippen LogP contribution in [0.3, 0.4) is 0 Å². The fourth-order valence-corrected chi connectivity index (χ4v) is 4.12. The Morgan fingerprint density at radius 3 is 2.34 bits per heavy atom. The van der Waals surface area contributed by atoms with E-state index in [1.165, 1.54) is 13.2 Å². The number of nitrogens with zero attached hydrogens (tertiary/aromatic N) is 1. The van der Waals surface area contributed by atoms with E-state index < -0.39 is 15.9 Å². The highest BCUT2D eigenvalue weighted by molar-refractivity contribution is 7.92. The van der Waals surface area contributed by atoms with Crippen LogP contribution in [0.4, 0.5) is 5.69 Å². The van der Waals surface area contributed by atoms with Gasteiger partial charge < -0.3 is 10.1 Å². The molecule has 0 bridgehead atoms. The molecule has 0 aromatic heterocycles. The Hall–Kier alpha value is -2.25. The van der Waals surface area contributed by atoms with Crippen molar-refractivity contribution in [3.8, 4) is 5.75 Å². The molecule has 1 atom stereocenters. The monoisotopic (exact) mass is 438 g/mol. The number of carbonyl (C=O) groups excluding carboxylic acids is 1. The Labute approximate surface area is 177 Å². The molecule has 6 nitrogen and oxygen atoms in total. The molecule has 0 aliphatic carbocycles. The number of amides is 1. The van der Waals surface area contributed by atoms with Gasteiger partial charge in [0.1, 0.15) is 12.3 Å². The minimum Gasteiger partial charge on any atom is -0.495 e. The number of rotatable bonds is 9. The Balaban J connectivity index is 2.24. The third-order valence-electron chi connectivity index (χ3n) is 4.36. The van der Waals surface area contributed by atoms with Crippen LogP contribution in [0, 0.1) is 5.92 Å². The number of methoxy groups -OCH3 is 1. The maximum Gasteiger partial charge on any atom is 0.241 e. The van der Waals surface area contributed by atoms with Crippen molar-refractivity contribution in [3.05, 3.63) is 59.1 Å². The molecule has 0 spiro atoms. The fraction of sp³-hybridized carbons (Fsp3) is 0.381. The molecule has 0 radical (unpaired) electrons. The van der Waals surface area contributed by atoms with Gasteiger partial charge in [0.15, 0.2) is 0 Å². The van der Waals surface area contributed by atoms with Gasteiger partial charge >= 0.3 is 0 Å². The minimum atomic E-state index is -3.70. The largest absolute Gasteiger partial charge is 0.495 e. The lowest BCUT2D eigenvalue weighted by atomic mass is 9.97. The van der Waals surface area contributed by atoms with Crippen molar-refractivity contribution in [1.82, 2.24) is 5.32 Å². The molecular weight excluding hydrogens is 412 g/mol. The highest BCUT2D eigenvalue weighted by Gasteiger charge is 2.24. The second-order valence-corrected chi connectivity index (χ2v) is 9.56. The van der Waals surface area contributed by atoms with Crippen molar-refractivity contribution in [3.63, 3.8) is 0 Å². The van der Waals surface area contributed by atoms with E-state index in [9.17, 15) is 13.2 Å². The summed E-state index contributed by atoms with van der Waals surface area (Å²) in [7, 11) is -2.23. The first-order valence-electron chi connectivity index (χ1n) is 9.27. The number of benzene rings is 2. The van der Waals surface area contributed by atoms with E-state index in [4.69, 9.17) is 16.3 Å². The summed E-state index contributed by atoms with van der Waals surface area (Å²) in [5, 5.41) is 3.24. The number of halogens is 1. The number of hydrogen-bond donors (Lipinski definition) is 1. The summed E-state index contributed by atoms with van der Waals surface area (Å²) in [6.45, 7) is 3.80. The zero-order valence-corrected chi connectivity index (χ0v) is 18.6. The molecule has 0 unspecified atom stereocenters. The van der Waals surface area contributed by atoms with Gasteiger partial charge in [-0.15, -0.1) is 0 Å². The molecule has 2 aromatic carbocycles. The van der Waals surface area contributed by atoms with Crippen molar-refractivity contribution in [2.75, 3.05) is 24.2 Å². The first-order chi connectivity index (χ1) is 13.6.